The number of thiophene rings is 1. The zero-order valence-electron chi connectivity index (χ0n) is 6.39. The van der Waals surface area contributed by atoms with E-state index in [-0.39, 0.29) is 5.69 Å². The largest absolute Gasteiger partial charge is 0.348 e. The summed E-state index contributed by atoms with van der Waals surface area (Å²) < 4.78 is 1.40. The lowest BCUT2D eigenvalue weighted by Gasteiger charge is -1.89. The summed E-state index contributed by atoms with van der Waals surface area (Å²) in [6, 6.07) is 1.91. The van der Waals surface area contributed by atoms with Gasteiger partial charge in [-0.05, 0) is 11.4 Å². The zero-order chi connectivity index (χ0) is 8.84. The van der Waals surface area contributed by atoms with Crippen molar-refractivity contribution in [1.82, 2.24) is 19.6 Å². The van der Waals surface area contributed by atoms with Gasteiger partial charge in [-0.3, -0.25) is 0 Å². The standard InChI is InChI=1S/C7H4N4OS/c12-7-10-9-5-4-1-2-13-6(4)8-3-11(5)7/h1-3H,(H,10,12). The average Bonchev–Trinajstić information content (AvgIpc) is 2.70. The molecule has 13 heavy (non-hydrogen) atoms. The highest BCUT2D eigenvalue weighted by atomic mass is 32.1. The average molecular weight is 192 g/mol. The van der Waals surface area contributed by atoms with Crippen LogP contribution in [0.3, 0.4) is 0 Å². The normalized spacial score (nSPS) is 11.4. The van der Waals surface area contributed by atoms with Crippen LogP contribution in [0.4, 0.5) is 0 Å². The van der Waals surface area contributed by atoms with Crippen LogP contribution >= 0.6 is 11.3 Å². The molecule has 0 amide bonds. The van der Waals surface area contributed by atoms with Crippen LogP contribution in [0, 0.1) is 0 Å². The van der Waals surface area contributed by atoms with Crippen LogP contribution in [-0.2, 0) is 0 Å². The van der Waals surface area contributed by atoms with Gasteiger partial charge in [-0.25, -0.2) is 19.3 Å². The molecule has 0 unspecified atom stereocenters. The molecule has 3 aromatic rings. The number of hydrogen-bond donors (Lipinski definition) is 1. The Morgan fingerprint density at radius 1 is 1.54 bits per heavy atom. The Balaban J connectivity index is 2.74. The van der Waals surface area contributed by atoms with Crippen molar-refractivity contribution in [1.29, 1.82) is 0 Å². The highest BCUT2D eigenvalue weighted by Gasteiger charge is 2.05. The van der Waals surface area contributed by atoms with Gasteiger partial charge in [0.25, 0.3) is 0 Å². The maximum atomic E-state index is 11.2. The number of hydrogen-bond acceptors (Lipinski definition) is 4. The topological polar surface area (TPSA) is 63.0 Å². The minimum absolute atomic E-state index is 0.254. The number of nitrogens with one attached hydrogen (secondary N) is 1. The van der Waals surface area contributed by atoms with Crippen molar-refractivity contribution in [2.24, 2.45) is 0 Å². The monoisotopic (exact) mass is 192 g/mol. The molecule has 0 radical (unpaired) electrons. The molecule has 1 N–H and O–H groups in total. The molecule has 0 saturated heterocycles. The molecule has 64 valence electrons. The van der Waals surface area contributed by atoms with Crippen LogP contribution in [0.1, 0.15) is 0 Å². The van der Waals surface area contributed by atoms with Gasteiger partial charge in [0.2, 0.25) is 0 Å². The van der Waals surface area contributed by atoms with E-state index in [0.717, 1.165) is 10.2 Å². The number of fused-ring (bicyclic) bond motifs is 3. The van der Waals surface area contributed by atoms with Gasteiger partial charge in [0.05, 0.1) is 5.39 Å². The van der Waals surface area contributed by atoms with Crippen LogP contribution in [0.5, 0.6) is 0 Å². The molecule has 0 aromatic carbocycles. The number of aromatic amines is 1. The van der Waals surface area contributed by atoms with E-state index in [1.807, 2.05) is 11.4 Å². The Hall–Kier alpha value is -1.69. The SMILES string of the molecule is O=c1[nH]nc2c3ccsc3ncn12. The summed E-state index contributed by atoms with van der Waals surface area (Å²) in [4.78, 5) is 16.2. The summed E-state index contributed by atoms with van der Waals surface area (Å²) in [6.07, 6.45) is 1.49. The Kier molecular flexibility index (Phi) is 1.13. The lowest BCUT2D eigenvalue weighted by molar-refractivity contribution is 1.01. The highest BCUT2D eigenvalue weighted by Crippen LogP contribution is 2.19. The van der Waals surface area contributed by atoms with Crippen molar-refractivity contribution in [2.45, 2.75) is 0 Å². The first-order chi connectivity index (χ1) is 6.36. The van der Waals surface area contributed by atoms with Gasteiger partial charge in [0.15, 0.2) is 5.65 Å². The Morgan fingerprint density at radius 2 is 2.46 bits per heavy atom. The van der Waals surface area contributed by atoms with Gasteiger partial charge in [-0.2, -0.15) is 5.10 Å². The summed E-state index contributed by atoms with van der Waals surface area (Å²) in [7, 11) is 0. The lowest BCUT2D eigenvalue weighted by Crippen LogP contribution is -2.08. The Bertz CT molecular complexity index is 634. The summed E-state index contributed by atoms with van der Waals surface area (Å²) in [5, 5.41) is 9.13. The maximum Gasteiger partial charge on any atom is 0.348 e. The maximum absolute atomic E-state index is 11.2. The van der Waals surface area contributed by atoms with E-state index in [2.05, 4.69) is 15.2 Å². The smallest absolute Gasteiger partial charge is 0.246 e. The molecule has 3 aromatic heterocycles. The van der Waals surface area contributed by atoms with E-state index >= 15 is 0 Å². The van der Waals surface area contributed by atoms with E-state index in [0.29, 0.717) is 5.65 Å². The highest BCUT2D eigenvalue weighted by molar-refractivity contribution is 7.16. The quantitative estimate of drug-likeness (QED) is 0.568. The van der Waals surface area contributed by atoms with Gasteiger partial charge in [-0.15, -0.1) is 11.3 Å². The minimum atomic E-state index is -0.254. The number of H-pyrrole nitrogens is 1. The van der Waals surface area contributed by atoms with Crippen molar-refractivity contribution in [3.05, 3.63) is 28.3 Å². The first kappa shape index (κ1) is 6.79. The third-order valence-corrected chi connectivity index (χ3v) is 2.70. The van der Waals surface area contributed by atoms with E-state index in [9.17, 15) is 4.79 Å². The van der Waals surface area contributed by atoms with Crippen molar-refractivity contribution in [3.8, 4) is 0 Å². The summed E-state index contributed by atoms with van der Waals surface area (Å²) in [5.74, 6) is 0. The van der Waals surface area contributed by atoms with E-state index < -0.39 is 0 Å². The fraction of sp³-hybridized carbons (Fsp3) is 0. The lowest BCUT2D eigenvalue weighted by atomic mass is 10.4. The van der Waals surface area contributed by atoms with E-state index in [1.54, 1.807) is 0 Å². The van der Waals surface area contributed by atoms with Crippen molar-refractivity contribution < 1.29 is 0 Å². The molecule has 0 bridgehead atoms. The van der Waals surface area contributed by atoms with Gasteiger partial charge < -0.3 is 0 Å². The van der Waals surface area contributed by atoms with Gasteiger partial charge in [0.1, 0.15) is 11.2 Å². The summed E-state index contributed by atoms with van der Waals surface area (Å²) in [5.41, 5.74) is 0.381. The van der Waals surface area contributed by atoms with Crippen LogP contribution in [-0.4, -0.2) is 19.6 Å². The van der Waals surface area contributed by atoms with Crippen molar-refractivity contribution in [3.63, 3.8) is 0 Å². The van der Waals surface area contributed by atoms with Crippen LogP contribution in [0.15, 0.2) is 22.6 Å². The van der Waals surface area contributed by atoms with Crippen molar-refractivity contribution >= 4 is 27.2 Å². The van der Waals surface area contributed by atoms with Crippen LogP contribution in [0.25, 0.3) is 15.9 Å². The molecule has 0 aliphatic heterocycles. The van der Waals surface area contributed by atoms with E-state index in [4.69, 9.17) is 0 Å². The van der Waals surface area contributed by atoms with Crippen LogP contribution in [0.2, 0.25) is 0 Å². The fourth-order valence-corrected chi connectivity index (χ4v) is 2.01. The van der Waals surface area contributed by atoms with E-state index in [1.165, 1.54) is 22.1 Å². The van der Waals surface area contributed by atoms with Gasteiger partial charge in [-0.1, -0.05) is 0 Å². The first-order valence-corrected chi connectivity index (χ1v) is 4.53. The predicted molar refractivity (Wildman–Crippen MR) is 49.0 cm³/mol. The zero-order valence-corrected chi connectivity index (χ0v) is 7.21. The second-order valence-corrected chi connectivity index (χ2v) is 3.50. The molecular weight excluding hydrogens is 188 g/mol. The molecule has 0 spiro atoms. The third kappa shape index (κ3) is 0.775. The Labute approximate surface area is 75.7 Å². The Morgan fingerprint density at radius 3 is 3.38 bits per heavy atom. The molecule has 3 rings (SSSR count). The minimum Gasteiger partial charge on any atom is -0.246 e. The fourth-order valence-electron chi connectivity index (χ4n) is 1.28. The summed E-state index contributed by atoms with van der Waals surface area (Å²) in [6.45, 7) is 0. The molecule has 0 saturated carbocycles. The van der Waals surface area contributed by atoms with Gasteiger partial charge in [0, 0.05) is 0 Å². The summed E-state index contributed by atoms with van der Waals surface area (Å²) >= 11 is 1.53. The molecular formula is C7H4N4OS. The molecule has 0 aliphatic rings. The molecule has 0 atom stereocenters. The number of aromatic nitrogens is 4. The van der Waals surface area contributed by atoms with Gasteiger partial charge >= 0.3 is 5.69 Å². The third-order valence-electron chi connectivity index (χ3n) is 1.88. The molecule has 0 fully saturated rings. The number of nitrogens with zero attached hydrogens (tertiary/aromatic N) is 3. The molecule has 0 aliphatic carbocycles. The molecule has 6 heteroatoms. The second-order valence-electron chi connectivity index (χ2n) is 2.61. The molecule has 3 heterocycles. The second kappa shape index (κ2) is 2.17. The number of rotatable bonds is 0. The first-order valence-electron chi connectivity index (χ1n) is 3.65. The molecule has 5 nitrogen and oxygen atoms in total. The van der Waals surface area contributed by atoms with Crippen molar-refractivity contribution in [2.75, 3.05) is 0 Å². The predicted octanol–water partition coefficient (Wildman–Crippen LogP) is 0.632. The van der Waals surface area contributed by atoms with Crippen LogP contribution < -0.4 is 5.69 Å².